The van der Waals surface area contributed by atoms with Crippen molar-refractivity contribution in [1.29, 1.82) is 0 Å². The molecule has 0 amide bonds. The predicted octanol–water partition coefficient (Wildman–Crippen LogP) is 3.73. The van der Waals surface area contributed by atoms with Gasteiger partial charge in [0.1, 0.15) is 5.75 Å². The van der Waals surface area contributed by atoms with Gasteiger partial charge in [0.25, 0.3) is 0 Å². The third-order valence-electron chi connectivity index (χ3n) is 6.27. The molecule has 1 unspecified atom stereocenters. The molecule has 156 valence electrons. The number of benzene rings is 1. The summed E-state index contributed by atoms with van der Waals surface area (Å²) in [6.45, 7) is 6.84. The van der Waals surface area contributed by atoms with Gasteiger partial charge in [0.15, 0.2) is 5.96 Å². The van der Waals surface area contributed by atoms with Crippen LogP contribution in [0, 0.1) is 5.92 Å². The third-order valence-corrected chi connectivity index (χ3v) is 6.27. The van der Waals surface area contributed by atoms with Crippen molar-refractivity contribution in [3.8, 4) is 5.75 Å². The van der Waals surface area contributed by atoms with E-state index in [1.54, 1.807) is 0 Å². The number of likely N-dealkylation sites (tertiary alicyclic amines) is 2. The standard InChI is InChI=1S/C22H34N4O.HI/c1-23-22(26-14-11-18(17-26)16-25-12-4-5-13-25)24-15-19-7-2-3-10-21(19)27-20-8-6-9-20;/h2-3,7,10,18,20H,4-6,8-9,11-17H2,1H3,(H,23,24);1H. The lowest BCUT2D eigenvalue weighted by Crippen LogP contribution is -2.40. The van der Waals surface area contributed by atoms with Crippen LogP contribution < -0.4 is 10.1 Å². The Morgan fingerprint density at radius 1 is 1.11 bits per heavy atom. The van der Waals surface area contributed by atoms with Crippen molar-refractivity contribution in [3.05, 3.63) is 29.8 Å². The van der Waals surface area contributed by atoms with Gasteiger partial charge in [-0.25, -0.2) is 0 Å². The Balaban J connectivity index is 0.00000225. The van der Waals surface area contributed by atoms with E-state index in [1.165, 1.54) is 63.7 Å². The minimum atomic E-state index is 0. The summed E-state index contributed by atoms with van der Waals surface area (Å²) in [6, 6.07) is 8.42. The maximum atomic E-state index is 6.17. The number of para-hydroxylation sites is 1. The zero-order valence-electron chi connectivity index (χ0n) is 17.1. The second kappa shape index (κ2) is 10.7. The fraction of sp³-hybridized carbons (Fsp3) is 0.682. The minimum absolute atomic E-state index is 0. The lowest BCUT2D eigenvalue weighted by atomic mass is 9.96. The van der Waals surface area contributed by atoms with E-state index in [-0.39, 0.29) is 24.0 Å². The molecule has 5 nitrogen and oxygen atoms in total. The second-order valence-corrected chi connectivity index (χ2v) is 8.29. The fourth-order valence-corrected chi connectivity index (χ4v) is 4.44. The molecule has 2 aliphatic heterocycles. The first kappa shape index (κ1) is 21.7. The monoisotopic (exact) mass is 498 g/mol. The highest BCUT2D eigenvalue weighted by Crippen LogP contribution is 2.27. The SMILES string of the molecule is CN=C(NCc1ccccc1OC1CCC1)N1CCC(CN2CCCC2)C1.I. The van der Waals surface area contributed by atoms with Gasteiger partial charge >= 0.3 is 0 Å². The zero-order valence-corrected chi connectivity index (χ0v) is 19.4. The van der Waals surface area contributed by atoms with Gasteiger partial charge in [0, 0.05) is 38.8 Å². The Labute approximate surface area is 186 Å². The van der Waals surface area contributed by atoms with Crippen LogP contribution >= 0.6 is 24.0 Å². The van der Waals surface area contributed by atoms with E-state index in [2.05, 4.69) is 44.4 Å². The van der Waals surface area contributed by atoms with Crippen LogP contribution in [-0.4, -0.2) is 61.6 Å². The van der Waals surface area contributed by atoms with Gasteiger partial charge in [-0.1, -0.05) is 18.2 Å². The summed E-state index contributed by atoms with van der Waals surface area (Å²) >= 11 is 0. The highest BCUT2D eigenvalue weighted by molar-refractivity contribution is 14.0. The van der Waals surface area contributed by atoms with Gasteiger partial charge < -0.3 is 19.9 Å². The molecular formula is C22H35IN4O. The predicted molar refractivity (Wildman–Crippen MR) is 126 cm³/mol. The van der Waals surface area contributed by atoms with Crippen LogP contribution in [0.1, 0.15) is 44.1 Å². The molecule has 0 bridgehead atoms. The molecule has 0 aromatic heterocycles. The molecule has 2 heterocycles. The van der Waals surface area contributed by atoms with Crippen molar-refractivity contribution in [3.63, 3.8) is 0 Å². The van der Waals surface area contributed by atoms with Crippen LogP contribution in [0.2, 0.25) is 0 Å². The van der Waals surface area contributed by atoms with Crippen LogP contribution in [0.5, 0.6) is 5.75 Å². The van der Waals surface area contributed by atoms with Crippen molar-refractivity contribution in [1.82, 2.24) is 15.1 Å². The van der Waals surface area contributed by atoms with E-state index in [9.17, 15) is 0 Å². The average Bonchev–Trinajstić information content (AvgIpc) is 3.32. The number of hydrogen-bond acceptors (Lipinski definition) is 3. The lowest BCUT2D eigenvalue weighted by molar-refractivity contribution is 0.119. The zero-order chi connectivity index (χ0) is 18.5. The number of halogens is 1. The Morgan fingerprint density at radius 3 is 2.61 bits per heavy atom. The number of aliphatic imine (C=N–C) groups is 1. The van der Waals surface area contributed by atoms with Crippen molar-refractivity contribution < 1.29 is 4.74 Å². The molecule has 1 aromatic rings. The van der Waals surface area contributed by atoms with Crippen molar-refractivity contribution in [2.75, 3.05) is 39.8 Å². The van der Waals surface area contributed by atoms with Crippen LogP contribution in [0.15, 0.2) is 29.3 Å². The third kappa shape index (κ3) is 5.53. The number of nitrogens with zero attached hydrogens (tertiary/aromatic N) is 3. The first-order valence-electron chi connectivity index (χ1n) is 10.7. The maximum Gasteiger partial charge on any atom is 0.193 e. The molecule has 1 aromatic carbocycles. The smallest absolute Gasteiger partial charge is 0.193 e. The summed E-state index contributed by atoms with van der Waals surface area (Å²) in [5.74, 6) is 2.83. The minimum Gasteiger partial charge on any atom is -0.490 e. The maximum absolute atomic E-state index is 6.17. The molecule has 0 radical (unpaired) electrons. The summed E-state index contributed by atoms with van der Waals surface area (Å²) in [4.78, 5) is 9.61. The van der Waals surface area contributed by atoms with Gasteiger partial charge in [0.05, 0.1) is 6.10 Å². The number of rotatable bonds is 6. The molecule has 2 saturated heterocycles. The summed E-state index contributed by atoms with van der Waals surface area (Å²) in [7, 11) is 1.90. The molecule has 1 N–H and O–H groups in total. The van der Waals surface area contributed by atoms with Gasteiger partial charge in [-0.15, -0.1) is 24.0 Å². The molecule has 4 rings (SSSR count). The van der Waals surface area contributed by atoms with E-state index in [4.69, 9.17) is 4.74 Å². The molecule has 1 atom stereocenters. The molecule has 1 saturated carbocycles. The van der Waals surface area contributed by atoms with Crippen LogP contribution in [0.3, 0.4) is 0 Å². The number of nitrogens with one attached hydrogen (secondary N) is 1. The van der Waals surface area contributed by atoms with Crippen LogP contribution in [0.25, 0.3) is 0 Å². The van der Waals surface area contributed by atoms with Crippen molar-refractivity contribution >= 4 is 29.9 Å². The Hall–Kier alpha value is -1.02. The van der Waals surface area contributed by atoms with Gasteiger partial charge in [-0.2, -0.15) is 0 Å². The number of hydrogen-bond donors (Lipinski definition) is 1. The van der Waals surface area contributed by atoms with E-state index in [0.29, 0.717) is 6.10 Å². The summed E-state index contributed by atoms with van der Waals surface area (Å²) in [5, 5.41) is 3.57. The van der Waals surface area contributed by atoms with E-state index in [0.717, 1.165) is 37.3 Å². The molecule has 28 heavy (non-hydrogen) atoms. The summed E-state index contributed by atoms with van der Waals surface area (Å²) < 4.78 is 6.17. The lowest BCUT2D eigenvalue weighted by Gasteiger charge is -2.28. The molecule has 6 heteroatoms. The number of guanidine groups is 1. The Kier molecular flexibility index (Phi) is 8.26. The number of ether oxygens (including phenoxy) is 1. The highest BCUT2D eigenvalue weighted by Gasteiger charge is 2.27. The van der Waals surface area contributed by atoms with Crippen LogP contribution in [0.4, 0.5) is 0 Å². The van der Waals surface area contributed by atoms with Crippen molar-refractivity contribution in [2.24, 2.45) is 10.9 Å². The van der Waals surface area contributed by atoms with Crippen LogP contribution in [-0.2, 0) is 6.54 Å². The topological polar surface area (TPSA) is 40.1 Å². The summed E-state index contributed by atoms with van der Waals surface area (Å²) in [6.07, 6.45) is 8.12. The van der Waals surface area contributed by atoms with E-state index >= 15 is 0 Å². The first-order valence-corrected chi connectivity index (χ1v) is 10.7. The second-order valence-electron chi connectivity index (χ2n) is 8.29. The van der Waals surface area contributed by atoms with E-state index < -0.39 is 0 Å². The molecule has 0 spiro atoms. The largest absolute Gasteiger partial charge is 0.490 e. The Morgan fingerprint density at radius 2 is 1.89 bits per heavy atom. The average molecular weight is 498 g/mol. The molecular weight excluding hydrogens is 463 g/mol. The highest BCUT2D eigenvalue weighted by atomic mass is 127. The van der Waals surface area contributed by atoms with Gasteiger partial charge in [-0.3, -0.25) is 4.99 Å². The summed E-state index contributed by atoms with van der Waals surface area (Å²) in [5.41, 5.74) is 1.22. The van der Waals surface area contributed by atoms with Crippen molar-refractivity contribution in [2.45, 2.75) is 51.2 Å². The molecule has 1 aliphatic carbocycles. The van der Waals surface area contributed by atoms with Gasteiger partial charge in [-0.05, 0) is 63.6 Å². The molecule has 3 aliphatic rings. The quantitative estimate of drug-likeness (QED) is 0.369. The first-order chi connectivity index (χ1) is 13.3. The van der Waals surface area contributed by atoms with E-state index in [1.807, 2.05) is 7.05 Å². The molecule has 3 fully saturated rings. The normalized spacial score (nSPS) is 23.4. The van der Waals surface area contributed by atoms with Gasteiger partial charge in [0.2, 0.25) is 0 Å². The Bertz CT molecular complexity index is 643. The fourth-order valence-electron chi connectivity index (χ4n) is 4.44.